The number of nitrogens with zero attached hydrogens (tertiary/aromatic N) is 1. The summed E-state index contributed by atoms with van der Waals surface area (Å²) in [6.07, 6.45) is 3.96. The Bertz CT molecular complexity index is 696. The molecule has 3 nitrogen and oxygen atoms in total. The van der Waals surface area contributed by atoms with Gasteiger partial charge in [-0.05, 0) is 55.6 Å². The monoisotopic (exact) mass is 316 g/mol. The highest BCUT2D eigenvalue weighted by Crippen LogP contribution is 2.45. The Morgan fingerprint density at radius 1 is 1.19 bits per heavy atom. The van der Waals surface area contributed by atoms with Crippen molar-refractivity contribution in [3.8, 4) is 0 Å². The Kier molecular flexibility index (Phi) is 3.21. The van der Waals surface area contributed by atoms with Crippen molar-refractivity contribution in [2.45, 2.75) is 31.9 Å². The second-order valence-electron chi connectivity index (χ2n) is 5.46. The van der Waals surface area contributed by atoms with Gasteiger partial charge in [-0.25, -0.2) is 0 Å². The maximum absolute atomic E-state index is 10.9. The van der Waals surface area contributed by atoms with Crippen molar-refractivity contribution in [1.29, 1.82) is 0 Å². The normalized spacial score (nSPS) is 20.7. The van der Waals surface area contributed by atoms with E-state index in [4.69, 9.17) is 12.2 Å². The summed E-state index contributed by atoms with van der Waals surface area (Å²) in [6.45, 7) is 0. The summed E-state index contributed by atoms with van der Waals surface area (Å²) in [4.78, 5) is 3.22. The highest BCUT2D eigenvalue weighted by Gasteiger charge is 2.35. The summed E-state index contributed by atoms with van der Waals surface area (Å²) in [5.74, 6) is 0. The van der Waals surface area contributed by atoms with Crippen molar-refractivity contribution in [2.24, 2.45) is 0 Å². The molecule has 1 aromatic carbocycles. The minimum atomic E-state index is -0.686. The van der Waals surface area contributed by atoms with Crippen LogP contribution in [0.25, 0.3) is 0 Å². The molecule has 0 spiro atoms. The van der Waals surface area contributed by atoms with E-state index in [0.29, 0.717) is 5.11 Å². The van der Waals surface area contributed by atoms with Gasteiger partial charge in [0, 0.05) is 16.1 Å². The molecular formula is C16H16N2OS2. The van der Waals surface area contributed by atoms with E-state index in [1.165, 1.54) is 23.3 Å². The van der Waals surface area contributed by atoms with E-state index in [9.17, 15) is 5.11 Å². The molecule has 108 valence electrons. The average Bonchev–Trinajstić information content (AvgIpc) is 2.86. The molecule has 2 aromatic rings. The average molecular weight is 316 g/mol. The van der Waals surface area contributed by atoms with Crippen LogP contribution in [0.15, 0.2) is 30.3 Å². The number of thiocarbonyl (C=S) groups is 1. The molecule has 0 saturated carbocycles. The quantitative estimate of drug-likeness (QED) is 0.784. The highest BCUT2D eigenvalue weighted by molar-refractivity contribution is 7.80. The number of benzene rings is 1. The van der Waals surface area contributed by atoms with Gasteiger partial charge in [0.15, 0.2) is 11.3 Å². The van der Waals surface area contributed by atoms with E-state index in [2.05, 4.69) is 5.32 Å². The Morgan fingerprint density at radius 2 is 1.95 bits per heavy atom. The first-order valence-corrected chi connectivity index (χ1v) is 8.46. The van der Waals surface area contributed by atoms with Crippen LogP contribution in [0.4, 0.5) is 10.7 Å². The van der Waals surface area contributed by atoms with Gasteiger partial charge in [-0.15, -0.1) is 11.3 Å². The number of hydrogen-bond donors (Lipinski definition) is 2. The van der Waals surface area contributed by atoms with Crippen LogP contribution in [0, 0.1) is 0 Å². The fourth-order valence-corrected chi connectivity index (χ4v) is 4.89. The molecule has 0 saturated heterocycles. The Labute approximate surface area is 133 Å². The minimum Gasteiger partial charge on any atom is -0.369 e. The van der Waals surface area contributed by atoms with Gasteiger partial charge in [-0.1, -0.05) is 18.2 Å². The molecule has 0 fully saturated rings. The van der Waals surface area contributed by atoms with Gasteiger partial charge in [0.1, 0.15) is 5.00 Å². The molecule has 1 atom stereocenters. The van der Waals surface area contributed by atoms with Gasteiger partial charge in [0.25, 0.3) is 0 Å². The summed E-state index contributed by atoms with van der Waals surface area (Å²) in [7, 11) is 0. The second-order valence-corrected chi connectivity index (χ2v) is 6.95. The summed E-state index contributed by atoms with van der Waals surface area (Å²) in [5.41, 5.74) is 3.29. The SMILES string of the molecule is O[C@@H]1c2c(sc3c2CCCC3)NC(=S)N1c1ccccc1. The van der Waals surface area contributed by atoms with E-state index in [0.717, 1.165) is 29.1 Å². The van der Waals surface area contributed by atoms with Crippen molar-refractivity contribution >= 4 is 39.4 Å². The topological polar surface area (TPSA) is 35.5 Å². The Morgan fingerprint density at radius 3 is 2.76 bits per heavy atom. The lowest BCUT2D eigenvalue weighted by molar-refractivity contribution is 0.186. The third-order valence-corrected chi connectivity index (χ3v) is 5.71. The van der Waals surface area contributed by atoms with Crippen LogP contribution in [0.1, 0.15) is 35.1 Å². The van der Waals surface area contributed by atoms with Crippen molar-refractivity contribution in [3.05, 3.63) is 46.3 Å². The van der Waals surface area contributed by atoms with Crippen molar-refractivity contribution in [2.75, 3.05) is 10.2 Å². The summed E-state index contributed by atoms with van der Waals surface area (Å²) in [6, 6.07) is 9.84. The molecule has 0 amide bonds. The highest BCUT2D eigenvalue weighted by atomic mass is 32.1. The van der Waals surface area contributed by atoms with Crippen molar-refractivity contribution < 1.29 is 5.11 Å². The van der Waals surface area contributed by atoms with Gasteiger partial charge < -0.3 is 10.4 Å². The minimum absolute atomic E-state index is 0.569. The smallest absolute Gasteiger partial charge is 0.180 e. The Balaban J connectivity index is 1.81. The van der Waals surface area contributed by atoms with Crippen LogP contribution in [0.5, 0.6) is 0 Å². The van der Waals surface area contributed by atoms with Gasteiger partial charge in [0.2, 0.25) is 0 Å². The van der Waals surface area contributed by atoms with Crippen LogP contribution < -0.4 is 10.2 Å². The number of fused-ring (bicyclic) bond motifs is 3. The van der Waals surface area contributed by atoms with Crippen LogP contribution in [0.3, 0.4) is 0 Å². The second kappa shape index (κ2) is 5.09. The number of aliphatic hydroxyl groups excluding tert-OH is 1. The summed E-state index contributed by atoms with van der Waals surface area (Å²) in [5, 5.41) is 15.8. The van der Waals surface area contributed by atoms with Crippen molar-refractivity contribution in [1.82, 2.24) is 0 Å². The molecule has 21 heavy (non-hydrogen) atoms. The van der Waals surface area contributed by atoms with E-state index >= 15 is 0 Å². The first-order valence-electron chi connectivity index (χ1n) is 7.23. The van der Waals surface area contributed by atoms with Crippen LogP contribution in [-0.2, 0) is 12.8 Å². The first kappa shape index (κ1) is 13.2. The van der Waals surface area contributed by atoms with E-state index in [1.54, 1.807) is 16.2 Å². The molecule has 5 heteroatoms. The van der Waals surface area contributed by atoms with Gasteiger partial charge in [-0.3, -0.25) is 4.90 Å². The molecule has 4 rings (SSSR count). The zero-order chi connectivity index (χ0) is 14.4. The van der Waals surface area contributed by atoms with Gasteiger partial charge in [0.05, 0.1) is 0 Å². The first-order chi connectivity index (χ1) is 10.3. The molecule has 1 aliphatic carbocycles. The number of anilines is 2. The fraction of sp³-hybridized carbons (Fsp3) is 0.312. The van der Waals surface area contributed by atoms with Gasteiger partial charge >= 0.3 is 0 Å². The predicted molar refractivity (Wildman–Crippen MR) is 91.1 cm³/mol. The summed E-state index contributed by atoms with van der Waals surface area (Å²) < 4.78 is 0. The molecule has 0 bridgehead atoms. The molecule has 2 N–H and O–H groups in total. The molecule has 2 aliphatic rings. The number of thiophene rings is 1. The number of rotatable bonds is 1. The maximum atomic E-state index is 10.9. The molecule has 1 aliphatic heterocycles. The van der Waals surface area contributed by atoms with E-state index in [1.807, 2.05) is 30.3 Å². The van der Waals surface area contributed by atoms with Crippen molar-refractivity contribution in [3.63, 3.8) is 0 Å². The van der Waals surface area contributed by atoms with E-state index in [-0.39, 0.29) is 0 Å². The van der Waals surface area contributed by atoms with Crippen LogP contribution in [-0.4, -0.2) is 10.2 Å². The lowest BCUT2D eigenvalue weighted by Gasteiger charge is -2.35. The molecule has 0 radical (unpaired) electrons. The number of nitrogens with one attached hydrogen (secondary N) is 1. The maximum Gasteiger partial charge on any atom is 0.180 e. The van der Waals surface area contributed by atoms with Crippen LogP contribution in [0.2, 0.25) is 0 Å². The fourth-order valence-electron chi connectivity index (χ4n) is 3.20. The number of aryl methyl sites for hydroxylation is 1. The number of aliphatic hydroxyl groups is 1. The zero-order valence-corrected chi connectivity index (χ0v) is 13.1. The number of hydrogen-bond acceptors (Lipinski definition) is 3. The molecule has 2 heterocycles. The molecular weight excluding hydrogens is 300 g/mol. The van der Waals surface area contributed by atoms with Gasteiger partial charge in [-0.2, -0.15) is 0 Å². The summed E-state index contributed by atoms with van der Waals surface area (Å²) >= 11 is 7.22. The lowest BCUT2D eigenvalue weighted by atomic mass is 9.94. The zero-order valence-electron chi connectivity index (χ0n) is 11.5. The van der Waals surface area contributed by atoms with E-state index < -0.39 is 6.23 Å². The third kappa shape index (κ3) is 2.08. The number of para-hydroxylation sites is 1. The molecule has 0 unspecified atom stereocenters. The third-order valence-electron chi connectivity index (χ3n) is 4.19. The standard InChI is InChI=1S/C16H16N2OS2/c19-15-13-11-8-4-5-9-12(11)21-14(13)17-16(20)18(15)10-6-2-1-3-7-10/h1-3,6-7,15,19H,4-5,8-9H2,(H,17,20)/t15-/m1/s1. The Hall–Kier alpha value is -1.43. The largest absolute Gasteiger partial charge is 0.369 e. The van der Waals surface area contributed by atoms with Crippen LogP contribution >= 0.6 is 23.6 Å². The lowest BCUT2D eigenvalue weighted by Crippen LogP contribution is -2.42. The molecule has 1 aromatic heterocycles. The predicted octanol–water partition coefficient (Wildman–Crippen LogP) is 3.83.